The van der Waals surface area contributed by atoms with Gasteiger partial charge in [-0.15, -0.1) is 0 Å². The van der Waals surface area contributed by atoms with Crippen LogP contribution in [0.5, 0.6) is 5.75 Å². The van der Waals surface area contributed by atoms with Gasteiger partial charge in [-0.05, 0) is 36.2 Å². The van der Waals surface area contributed by atoms with Crippen molar-refractivity contribution in [2.24, 2.45) is 0 Å². The van der Waals surface area contributed by atoms with Crippen LogP contribution in [0, 0.1) is 5.82 Å². The topological polar surface area (TPSA) is 64.2 Å². The Balaban J connectivity index is 2.88. The van der Waals surface area contributed by atoms with Gasteiger partial charge in [0.2, 0.25) is 5.16 Å². The lowest BCUT2D eigenvalue weighted by Crippen LogP contribution is -2.79. The van der Waals surface area contributed by atoms with Crippen molar-refractivity contribution in [1.29, 1.82) is 0 Å². The van der Waals surface area contributed by atoms with E-state index >= 15 is 0 Å². The van der Waals surface area contributed by atoms with Crippen molar-refractivity contribution in [2.45, 2.75) is 13.5 Å². The van der Waals surface area contributed by atoms with Gasteiger partial charge in [-0.1, -0.05) is 23.7 Å². The van der Waals surface area contributed by atoms with E-state index in [4.69, 9.17) is 32.8 Å². The molecule has 0 saturated heterocycles. The molecule has 1 rings (SSSR count). The molecule has 5 nitrogen and oxygen atoms in total. The van der Waals surface area contributed by atoms with Crippen LogP contribution in [-0.4, -0.2) is 20.1 Å². The van der Waals surface area contributed by atoms with Crippen LogP contribution < -0.4 is 15.5 Å². The Bertz CT molecular complexity index is 633. The summed E-state index contributed by atoms with van der Waals surface area (Å²) in [4.78, 5) is 17.1. The highest BCUT2D eigenvalue weighted by Crippen LogP contribution is 2.20. The number of hydroxylamine groups is 1. The lowest BCUT2D eigenvalue weighted by molar-refractivity contribution is -0.848. The highest BCUT2D eigenvalue weighted by Gasteiger charge is 2.21. The molecule has 0 saturated carbocycles. The van der Waals surface area contributed by atoms with Crippen molar-refractivity contribution in [3.05, 3.63) is 51.4 Å². The lowest BCUT2D eigenvalue weighted by atomic mass is 10.2. The Morgan fingerprint density at radius 2 is 2.09 bits per heavy atom. The van der Waals surface area contributed by atoms with Gasteiger partial charge in [0, 0.05) is 6.54 Å². The number of nitrogens with two attached hydrogens (primary N) is 1. The smallest absolute Gasteiger partial charge is 0.260 e. The van der Waals surface area contributed by atoms with E-state index in [1.807, 2.05) is 0 Å². The largest absolute Gasteiger partial charge is 0.494 e. The number of allylic oxidation sites excluding steroid dienone is 1. The summed E-state index contributed by atoms with van der Waals surface area (Å²) in [7, 11) is 2.78. The fraction of sp³-hybridized carbons (Fsp3) is 0.267. The maximum absolute atomic E-state index is 13.6. The van der Waals surface area contributed by atoms with Crippen molar-refractivity contribution in [3.8, 4) is 5.75 Å². The molecule has 0 aliphatic rings. The molecule has 0 spiro atoms. The summed E-state index contributed by atoms with van der Waals surface area (Å²) in [5.41, 5.74) is 1.85. The Kier molecular flexibility index (Phi) is 8.05. The monoisotopic (exact) mass is 363 g/mol. The fourth-order valence-electron chi connectivity index (χ4n) is 1.73. The number of hydrogen-bond donors (Lipinski definition) is 2. The van der Waals surface area contributed by atoms with Gasteiger partial charge in [-0.2, -0.15) is 5.48 Å². The van der Waals surface area contributed by atoms with Gasteiger partial charge in [0.15, 0.2) is 11.6 Å². The zero-order valence-electron chi connectivity index (χ0n) is 13.0. The van der Waals surface area contributed by atoms with Gasteiger partial charge in [0.05, 0.1) is 19.3 Å². The van der Waals surface area contributed by atoms with E-state index < -0.39 is 11.7 Å². The van der Waals surface area contributed by atoms with Crippen LogP contribution in [0.4, 0.5) is 4.39 Å². The zero-order valence-corrected chi connectivity index (χ0v) is 14.5. The first-order valence-corrected chi connectivity index (χ1v) is 7.38. The number of carbonyl (C=O) groups excluding carboxylic acids is 1. The van der Waals surface area contributed by atoms with E-state index in [-0.39, 0.29) is 28.1 Å². The third-order valence-electron chi connectivity index (χ3n) is 2.85. The van der Waals surface area contributed by atoms with Gasteiger partial charge in [0.25, 0.3) is 5.91 Å². The van der Waals surface area contributed by atoms with Crippen LogP contribution in [-0.2, 0) is 16.2 Å². The van der Waals surface area contributed by atoms with Crippen molar-refractivity contribution in [1.82, 2.24) is 5.32 Å². The van der Waals surface area contributed by atoms with E-state index in [1.54, 1.807) is 13.0 Å². The maximum Gasteiger partial charge on any atom is 0.260 e. The van der Waals surface area contributed by atoms with E-state index in [1.165, 1.54) is 37.9 Å². The fourth-order valence-corrected chi connectivity index (χ4v) is 2.24. The quantitative estimate of drug-likeness (QED) is 0.337. The van der Waals surface area contributed by atoms with Crippen LogP contribution in [0.15, 0.2) is 40.0 Å². The summed E-state index contributed by atoms with van der Waals surface area (Å²) >= 11 is 12.0. The average Bonchev–Trinajstić information content (AvgIpc) is 2.53. The molecule has 0 atom stereocenters. The zero-order chi connectivity index (χ0) is 17.4. The first-order chi connectivity index (χ1) is 10.9. The maximum atomic E-state index is 13.6. The third kappa shape index (κ3) is 5.51. The van der Waals surface area contributed by atoms with Gasteiger partial charge in [-0.3, -0.25) is 4.79 Å². The molecule has 23 heavy (non-hydrogen) atoms. The van der Waals surface area contributed by atoms with Crippen molar-refractivity contribution in [2.75, 3.05) is 14.2 Å². The van der Waals surface area contributed by atoms with Crippen LogP contribution in [0.2, 0.25) is 0 Å². The number of quaternary nitrogens is 1. The Morgan fingerprint density at radius 1 is 1.39 bits per heavy atom. The van der Waals surface area contributed by atoms with Crippen LogP contribution in [0.1, 0.15) is 12.5 Å². The molecule has 126 valence electrons. The molecule has 8 heteroatoms. The number of rotatable bonds is 7. The SMILES string of the molecule is C/C=C(Cl)\C(C(=O)NCc1ccc(OC)c(F)c1)=C(\Cl)[NH2+]OC. The van der Waals surface area contributed by atoms with E-state index in [0.717, 1.165) is 0 Å². The molecule has 0 bridgehead atoms. The predicted molar refractivity (Wildman–Crippen MR) is 86.2 cm³/mol. The van der Waals surface area contributed by atoms with E-state index in [0.29, 0.717) is 5.56 Å². The van der Waals surface area contributed by atoms with Crippen LogP contribution >= 0.6 is 23.2 Å². The minimum Gasteiger partial charge on any atom is -0.494 e. The van der Waals surface area contributed by atoms with Crippen LogP contribution in [0.25, 0.3) is 0 Å². The highest BCUT2D eigenvalue weighted by atomic mass is 35.5. The summed E-state index contributed by atoms with van der Waals surface area (Å²) in [5, 5.41) is 2.87. The van der Waals surface area contributed by atoms with Crippen molar-refractivity contribution < 1.29 is 24.2 Å². The molecule has 3 N–H and O–H groups in total. The van der Waals surface area contributed by atoms with E-state index in [2.05, 4.69) is 5.32 Å². The number of methoxy groups -OCH3 is 1. The number of hydrogen-bond acceptors (Lipinski definition) is 3. The van der Waals surface area contributed by atoms with Crippen molar-refractivity contribution in [3.63, 3.8) is 0 Å². The Labute approximate surface area is 144 Å². The molecule has 1 amide bonds. The summed E-state index contributed by atoms with van der Waals surface area (Å²) in [6, 6.07) is 4.41. The average molecular weight is 364 g/mol. The summed E-state index contributed by atoms with van der Waals surface area (Å²) in [6.45, 7) is 1.78. The molecule has 0 unspecified atom stereocenters. The molecular weight excluding hydrogens is 346 g/mol. The number of benzene rings is 1. The summed E-state index contributed by atoms with van der Waals surface area (Å²) in [6.07, 6.45) is 1.54. The molecule has 0 heterocycles. The van der Waals surface area contributed by atoms with Gasteiger partial charge < -0.3 is 10.1 Å². The molecule has 1 aromatic rings. The molecule has 0 radical (unpaired) electrons. The number of nitrogens with one attached hydrogen (secondary N) is 1. The number of amides is 1. The normalized spacial score (nSPS) is 12.7. The molecule has 0 aromatic heterocycles. The minimum absolute atomic E-state index is 0.0639. The Hall–Kier alpha value is -1.60. The first kappa shape index (κ1) is 19.4. The lowest BCUT2D eigenvalue weighted by Gasteiger charge is -2.09. The molecule has 0 fully saturated rings. The second-order valence-corrected chi connectivity index (χ2v) is 5.18. The second kappa shape index (κ2) is 9.52. The number of halogens is 3. The van der Waals surface area contributed by atoms with Crippen molar-refractivity contribution >= 4 is 29.1 Å². The van der Waals surface area contributed by atoms with E-state index in [9.17, 15) is 9.18 Å². The predicted octanol–water partition coefficient (Wildman–Crippen LogP) is 2.17. The third-order valence-corrected chi connectivity index (χ3v) is 3.53. The Morgan fingerprint density at radius 3 is 2.61 bits per heavy atom. The van der Waals surface area contributed by atoms with Gasteiger partial charge in [-0.25, -0.2) is 9.23 Å². The molecule has 1 aromatic carbocycles. The molecule has 0 aliphatic carbocycles. The minimum atomic E-state index is -0.507. The van der Waals surface area contributed by atoms with Gasteiger partial charge in [0.1, 0.15) is 5.57 Å². The van der Waals surface area contributed by atoms with Crippen LogP contribution in [0.3, 0.4) is 0 Å². The summed E-state index contributed by atoms with van der Waals surface area (Å²) in [5.74, 6) is -0.870. The first-order valence-electron chi connectivity index (χ1n) is 6.63. The van der Waals surface area contributed by atoms with Gasteiger partial charge >= 0.3 is 0 Å². The second-order valence-electron chi connectivity index (χ2n) is 4.36. The molecule has 0 aliphatic heterocycles. The number of ether oxygens (including phenoxy) is 1. The highest BCUT2D eigenvalue weighted by molar-refractivity contribution is 6.38. The standard InChI is InChI=1S/C15H17Cl2FN2O3/c1-4-10(16)13(14(17)20-23-3)15(21)19-8-9-5-6-12(22-2)11(18)7-9/h4-7,20H,8H2,1-3H3,(H,19,21)/p+1/b10-4+,14-13+. The summed E-state index contributed by atoms with van der Waals surface area (Å²) < 4.78 is 18.5. The number of carbonyl (C=O) groups is 1. The molecular formula is C15H18Cl2FN2O3+.